The molecule has 0 bridgehead atoms. The van der Waals surface area contributed by atoms with Crippen LogP contribution in [0, 0.1) is 0 Å². The molecule has 2 aromatic heterocycles. The zero-order chi connectivity index (χ0) is 13.9. The maximum Gasteiger partial charge on any atom is 0.313 e. The highest BCUT2D eigenvalue weighted by molar-refractivity contribution is 7.13. The van der Waals surface area contributed by atoms with E-state index in [0.717, 1.165) is 16.6 Å². The minimum absolute atomic E-state index is 0.177. The molecule has 4 nitrogen and oxygen atoms in total. The van der Waals surface area contributed by atoms with Gasteiger partial charge in [-0.3, -0.25) is 4.79 Å². The molecule has 3 rings (SSSR count). The fraction of sp³-hybridized carbons (Fsp3) is 0.200. The number of ether oxygens (including phenoxy) is 1. The van der Waals surface area contributed by atoms with E-state index in [0.29, 0.717) is 12.4 Å². The summed E-state index contributed by atoms with van der Waals surface area (Å²) in [5, 5.41) is 2.05. The molecule has 0 saturated heterocycles. The van der Waals surface area contributed by atoms with Gasteiger partial charge in [0.25, 0.3) is 0 Å². The van der Waals surface area contributed by atoms with Gasteiger partial charge in [0.2, 0.25) is 0 Å². The highest BCUT2D eigenvalue weighted by atomic mass is 32.1. The van der Waals surface area contributed by atoms with E-state index in [9.17, 15) is 4.79 Å². The van der Waals surface area contributed by atoms with Crippen LogP contribution in [-0.2, 0) is 16.0 Å². The van der Waals surface area contributed by atoms with Gasteiger partial charge >= 0.3 is 5.97 Å². The number of H-pyrrole nitrogens is 1. The second-order valence-electron chi connectivity index (χ2n) is 4.37. The minimum Gasteiger partial charge on any atom is -0.466 e. The third-order valence-corrected chi connectivity index (χ3v) is 3.87. The number of benzene rings is 1. The van der Waals surface area contributed by atoms with Crippen LogP contribution < -0.4 is 0 Å². The Kier molecular flexibility index (Phi) is 3.52. The van der Waals surface area contributed by atoms with Crippen molar-refractivity contribution in [1.82, 2.24) is 9.97 Å². The number of carbonyl (C=O) groups excluding carboxylic acids is 1. The molecular formula is C15H14N2O2S. The molecule has 1 N–H and O–H groups in total. The largest absolute Gasteiger partial charge is 0.466 e. The normalized spacial score (nSPS) is 10.8. The summed E-state index contributed by atoms with van der Waals surface area (Å²) in [5.74, 6) is 0.381. The molecule has 102 valence electrons. The molecule has 0 radical (unpaired) electrons. The Morgan fingerprint density at radius 2 is 2.30 bits per heavy atom. The maximum atomic E-state index is 11.5. The van der Waals surface area contributed by atoms with Gasteiger partial charge in [0.15, 0.2) is 0 Å². The van der Waals surface area contributed by atoms with Crippen molar-refractivity contribution >= 4 is 28.3 Å². The zero-order valence-electron chi connectivity index (χ0n) is 11.1. The third-order valence-electron chi connectivity index (χ3n) is 2.95. The number of hydrogen-bond acceptors (Lipinski definition) is 4. The van der Waals surface area contributed by atoms with Crippen LogP contribution in [0.1, 0.15) is 12.7 Å². The average Bonchev–Trinajstić information content (AvgIpc) is 3.06. The van der Waals surface area contributed by atoms with E-state index in [1.165, 1.54) is 4.88 Å². The summed E-state index contributed by atoms with van der Waals surface area (Å²) in [7, 11) is 0. The van der Waals surface area contributed by atoms with Crippen molar-refractivity contribution in [2.45, 2.75) is 13.3 Å². The number of fused-ring (bicyclic) bond motifs is 1. The lowest BCUT2D eigenvalue weighted by Crippen LogP contribution is -2.08. The molecule has 1 aromatic carbocycles. The van der Waals surface area contributed by atoms with E-state index in [1.807, 2.05) is 18.2 Å². The fourth-order valence-electron chi connectivity index (χ4n) is 2.09. The van der Waals surface area contributed by atoms with Gasteiger partial charge in [0.05, 0.1) is 17.6 Å². The number of hydrogen-bond donors (Lipinski definition) is 1. The molecule has 20 heavy (non-hydrogen) atoms. The molecular weight excluding hydrogens is 272 g/mol. The maximum absolute atomic E-state index is 11.5. The first-order valence-corrected chi connectivity index (χ1v) is 7.32. The second-order valence-corrected chi connectivity index (χ2v) is 5.32. The van der Waals surface area contributed by atoms with Gasteiger partial charge in [-0.1, -0.05) is 12.1 Å². The molecule has 0 atom stereocenters. The molecule has 0 aliphatic carbocycles. The number of thiophene rings is 1. The summed E-state index contributed by atoms with van der Waals surface area (Å²) in [6, 6.07) is 10.2. The molecule has 0 amide bonds. The van der Waals surface area contributed by atoms with E-state index in [2.05, 4.69) is 27.5 Å². The number of aromatic amines is 1. The molecule has 2 heterocycles. The minimum atomic E-state index is -0.259. The number of nitrogens with zero attached hydrogens (tertiary/aromatic N) is 1. The van der Waals surface area contributed by atoms with E-state index in [4.69, 9.17) is 4.74 Å². The van der Waals surface area contributed by atoms with Crippen LogP contribution in [0.2, 0.25) is 0 Å². The van der Waals surface area contributed by atoms with Crippen molar-refractivity contribution in [3.63, 3.8) is 0 Å². The van der Waals surface area contributed by atoms with Crippen LogP contribution in [0.3, 0.4) is 0 Å². The van der Waals surface area contributed by atoms with E-state index in [-0.39, 0.29) is 12.4 Å². The van der Waals surface area contributed by atoms with Crippen LogP contribution in [-0.4, -0.2) is 22.5 Å². The van der Waals surface area contributed by atoms with Gasteiger partial charge in [0.1, 0.15) is 12.2 Å². The number of nitrogens with one attached hydrogen (secondary N) is 1. The Labute approximate surface area is 120 Å². The predicted molar refractivity (Wildman–Crippen MR) is 79.7 cm³/mol. The quantitative estimate of drug-likeness (QED) is 0.748. The van der Waals surface area contributed by atoms with Crippen molar-refractivity contribution in [3.05, 3.63) is 41.5 Å². The van der Waals surface area contributed by atoms with E-state index in [1.54, 1.807) is 18.3 Å². The van der Waals surface area contributed by atoms with Crippen LogP contribution >= 0.6 is 11.3 Å². The Morgan fingerprint density at radius 3 is 3.05 bits per heavy atom. The van der Waals surface area contributed by atoms with Crippen molar-refractivity contribution in [1.29, 1.82) is 0 Å². The van der Waals surface area contributed by atoms with Crippen LogP contribution in [0.25, 0.3) is 21.5 Å². The van der Waals surface area contributed by atoms with Crippen LogP contribution in [0.15, 0.2) is 35.7 Å². The molecule has 5 heteroatoms. The Hall–Kier alpha value is -2.14. The van der Waals surface area contributed by atoms with Gasteiger partial charge < -0.3 is 9.72 Å². The summed E-state index contributed by atoms with van der Waals surface area (Å²) in [5.41, 5.74) is 2.96. The molecule has 0 aliphatic heterocycles. The van der Waals surface area contributed by atoms with Gasteiger partial charge in [0, 0.05) is 4.88 Å². The monoisotopic (exact) mass is 286 g/mol. The summed E-state index contributed by atoms with van der Waals surface area (Å²) >= 11 is 1.70. The second kappa shape index (κ2) is 5.46. The standard InChI is InChI=1S/C15H14N2O2S/c1-2-19-15(18)9-14-16-11-6-5-10(8-12(11)17-14)13-4-3-7-20-13/h3-8H,2,9H2,1H3,(H,16,17). The highest BCUT2D eigenvalue weighted by Crippen LogP contribution is 2.27. The number of carbonyl (C=O) groups is 1. The summed E-state index contributed by atoms with van der Waals surface area (Å²) < 4.78 is 4.93. The van der Waals surface area contributed by atoms with Crippen molar-refractivity contribution in [2.75, 3.05) is 6.61 Å². The zero-order valence-corrected chi connectivity index (χ0v) is 11.9. The molecule has 0 aliphatic rings. The first-order chi connectivity index (χ1) is 9.76. The lowest BCUT2D eigenvalue weighted by atomic mass is 10.2. The Bertz CT molecular complexity index is 732. The third kappa shape index (κ3) is 2.58. The molecule has 3 aromatic rings. The molecule has 0 unspecified atom stereocenters. The van der Waals surface area contributed by atoms with Gasteiger partial charge in [-0.05, 0) is 36.1 Å². The highest BCUT2D eigenvalue weighted by Gasteiger charge is 2.09. The van der Waals surface area contributed by atoms with Gasteiger partial charge in [-0.2, -0.15) is 0 Å². The van der Waals surface area contributed by atoms with Crippen molar-refractivity contribution in [2.24, 2.45) is 0 Å². The summed E-state index contributed by atoms with van der Waals surface area (Å²) in [4.78, 5) is 20.3. The van der Waals surface area contributed by atoms with E-state index < -0.39 is 0 Å². The van der Waals surface area contributed by atoms with Crippen LogP contribution in [0.4, 0.5) is 0 Å². The lowest BCUT2D eigenvalue weighted by molar-refractivity contribution is -0.142. The number of rotatable bonds is 4. The molecule has 0 saturated carbocycles. The van der Waals surface area contributed by atoms with Gasteiger partial charge in [-0.15, -0.1) is 11.3 Å². The SMILES string of the molecule is CCOC(=O)Cc1nc2ccc(-c3cccs3)cc2[nH]1. The number of imidazole rings is 1. The average molecular weight is 286 g/mol. The first kappa shape index (κ1) is 12.9. The number of aromatic nitrogens is 2. The Morgan fingerprint density at radius 1 is 1.40 bits per heavy atom. The Balaban J connectivity index is 1.89. The fourth-order valence-corrected chi connectivity index (χ4v) is 2.81. The smallest absolute Gasteiger partial charge is 0.313 e. The van der Waals surface area contributed by atoms with Gasteiger partial charge in [-0.25, -0.2) is 4.98 Å². The number of esters is 1. The summed E-state index contributed by atoms with van der Waals surface area (Å²) in [6.07, 6.45) is 0.177. The van der Waals surface area contributed by atoms with Crippen molar-refractivity contribution < 1.29 is 9.53 Å². The predicted octanol–water partition coefficient (Wildman–Crippen LogP) is 3.40. The lowest BCUT2D eigenvalue weighted by Gasteiger charge is -1.97. The van der Waals surface area contributed by atoms with Crippen molar-refractivity contribution in [3.8, 4) is 10.4 Å². The first-order valence-electron chi connectivity index (χ1n) is 6.44. The summed E-state index contributed by atoms with van der Waals surface area (Å²) in [6.45, 7) is 2.19. The molecule has 0 fully saturated rings. The topological polar surface area (TPSA) is 55.0 Å². The van der Waals surface area contributed by atoms with Crippen LogP contribution in [0.5, 0.6) is 0 Å². The molecule has 0 spiro atoms. The van der Waals surface area contributed by atoms with E-state index >= 15 is 0 Å².